The molecule has 1 aliphatic carbocycles. The zero-order valence-corrected chi connectivity index (χ0v) is 14.4. The van der Waals surface area contributed by atoms with Crippen LogP contribution in [0.25, 0.3) is 0 Å². The van der Waals surface area contributed by atoms with Gasteiger partial charge in [-0.15, -0.1) is 0 Å². The normalized spacial score (nSPS) is 17.6. The average Bonchev–Trinajstić information content (AvgIpc) is 2.95. The molecule has 0 spiro atoms. The topological polar surface area (TPSA) is 80.5 Å². The first kappa shape index (κ1) is 17.0. The second-order valence-electron chi connectivity index (χ2n) is 5.96. The maximum atomic E-state index is 12.4. The lowest BCUT2D eigenvalue weighted by molar-refractivity contribution is -0.129. The molecule has 2 rings (SSSR count). The lowest BCUT2D eigenvalue weighted by Gasteiger charge is -2.24. The lowest BCUT2D eigenvalue weighted by atomic mass is 9.86. The molecule has 0 saturated heterocycles. The minimum absolute atomic E-state index is 0.0876. The predicted molar refractivity (Wildman–Crippen MR) is 83.0 cm³/mol. The summed E-state index contributed by atoms with van der Waals surface area (Å²) in [4.78, 5) is 12.4. The van der Waals surface area contributed by atoms with Gasteiger partial charge in [-0.2, -0.15) is 0 Å². The number of rotatable bonds is 5. The van der Waals surface area contributed by atoms with Crippen molar-refractivity contribution in [3.8, 4) is 0 Å². The van der Waals surface area contributed by atoms with Crippen molar-refractivity contribution in [2.24, 2.45) is 5.92 Å². The number of hydrogen-bond acceptors (Lipinski definition) is 5. The molecule has 0 saturated carbocycles. The molecular weight excluding hydrogens is 304 g/mol. The van der Waals surface area contributed by atoms with E-state index in [0.29, 0.717) is 0 Å². The molecule has 6 nitrogen and oxygen atoms in total. The zero-order valence-electron chi connectivity index (χ0n) is 13.6. The van der Waals surface area contributed by atoms with Gasteiger partial charge in [0.1, 0.15) is 5.76 Å². The van der Waals surface area contributed by atoms with E-state index in [1.165, 1.54) is 14.0 Å². The minimum Gasteiger partial charge on any atom is -0.361 e. The van der Waals surface area contributed by atoms with Gasteiger partial charge in [0, 0.05) is 30.9 Å². The Morgan fingerprint density at radius 2 is 1.95 bits per heavy atom. The van der Waals surface area contributed by atoms with Gasteiger partial charge in [-0.3, -0.25) is 4.79 Å². The van der Waals surface area contributed by atoms with Gasteiger partial charge in [0.25, 0.3) is 0 Å². The molecule has 2 unspecified atom stereocenters. The van der Waals surface area contributed by atoms with Gasteiger partial charge < -0.3 is 4.52 Å². The molecule has 0 aromatic carbocycles. The summed E-state index contributed by atoms with van der Waals surface area (Å²) in [5.74, 6) is -0.213. The van der Waals surface area contributed by atoms with E-state index in [2.05, 4.69) is 5.16 Å². The number of fused-ring (bicyclic) bond motifs is 1. The van der Waals surface area contributed by atoms with E-state index in [0.717, 1.165) is 47.0 Å². The third-order valence-electron chi connectivity index (χ3n) is 4.64. The number of amides is 1. The van der Waals surface area contributed by atoms with Crippen molar-refractivity contribution >= 4 is 15.9 Å². The Balaban J connectivity index is 2.20. The molecule has 124 valence electrons. The highest BCUT2D eigenvalue weighted by molar-refractivity contribution is 7.89. The first-order chi connectivity index (χ1) is 10.3. The van der Waals surface area contributed by atoms with E-state index >= 15 is 0 Å². The fourth-order valence-electron chi connectivity index (χ4n) is 2.83. The monoisotopic (exact) mass is 328 g/mol. The molecule has 0 aliphatic heterocycles. The second-order valence-corrected chi connectivity index (χ2v) is 8.25. The van der Waals surface area contributed by atoms with Crippen LogP contribution in [0.2, 0.25) is 0 Å². The Bertz CT molecular complexity index is 650. The molecule has 22 heavy (non-hydrogen) atoms. The van der Waals surface area contributed by atoms with Crippen molar-refractivity contribution in [2.75, 3.05) is 12.8 Å². The summed E-state index contributed by atoms with van der Waals surface area (Å²) in [7, 11) is -2.20. The highest BCUT2D eigenvalue weighted by Crippen LogP contribution is 2.33. The maximum Gasteiger partial charge on any atom is 0.239 e. The first-order valence-corrected chi connectivity index (χ1v) is 9.38. The van der Waals surface area contributed by atoms with E-state index in [9.17, 15) is 13.2 Å². The summed E-state index contributed by atoms with van der Waals surface area (Å²) in [6.45, 7) is 5.18. The molecule has 0 fully saturated rings. The zero-order chi connectivity index (χ0) is 16.5. The van der Waals surface area contributed by atoms with Crippen molar-refractivity contribution in [1.29, 1.82) is 0 Å². The van der Waals surface area contributed by atoms with Crippen LogP contribution in [-0.4, -0.2) is 36.6 Å². The second kappa shape index (κ2) is 6.40. The van der Waals surface area contributed by atoms with Crippen molar-refractivity contribution in [3.05, 3.63) is 17.0 Å². The number of hydrogen-bond donors (Lipinski definition) is 0. The average molecular weight is 328 g/mol. The van der Waals surface area contributed by atoms with Crippen LogP contribution in [0.15, 0.2) is 4.52 Å². The van der Waals surface area contributed by atoms with Crippen LogP contribution < -0.4 is 0 Å². The molecule has 2 atom stereocenters. The van der Waals surface area contributed by atoms with Crippen LogP contribution in [0, 0.1) is 5.92 Å². The first-order valence-electron chi connectivity index (χ1n) is 7.77. The quantitative estimate of drug-likeness (QED) is 0.827. The highest BCUT2D eigenvalue weighted by atomic mass is 32.2. The van der Waals surface area contributed by atoms with Crippen molar-refractivity contribution < 1.29 is 17.7 Å². The molecular formula is C15H24N2O4S. The SMILES string of the molecule is CCS(=O)(=O)N(C)C(=O)C(C)C(C)c1noc2c1CCCC2. The maximum absolute atomic E-state index is 12.4. The number of carbonyl (C=O) groups excluding carboxylic acids is 1. The van der Waals surface area contributed by atoms with E-state index in [1.54, 1.807) is 6.92 Å². The summed E-state index contributed by atoms with van der Waals surface area (Å²) in [6, 6.07) is 0. The fraction of sp³-hybridized carbons (Fsp3) is 0.733. The summed E-state index contributed by atoms with van der Waals surface area (Å²) < 4.78 is 30.0. The third kappa shape index (κ3) is 3.04. The number of carbonyl (C=O) groups is 1. The summed E-state index contributed by atoms with van der Waals surface area (Å²) >= 11 is 0. The Morgan fingerprint density at radius 1 is 1.32 bits per heavy atom. The molecule has 1 aliphatic rings. The molecule has 0 radical (unpaired) electrons. The van der Waals surface area contributed by atoms with Crippen LogP contribution in [0.5, 0.6) is 0 Å². The van der Waals surface area contributed by atoms with E-state index in [4.69, 9.17) is 4.52 Å². The number of aryl methyl sites for hydroxylation is 1. The van der Waals surface area contributed by atoms with Crippen molar-refractivity contribution in [2.45, 2.75) is 52.4 Å². The van der Waals surface area contributed by atoms with Crippen molar-refractivity contribution in [3.63, 3.8) is 0 Å². The van der Waals surface area contributed by atoms with E-state index in [-0.39, 0.29) is 11.7 Å². The molecule has 0 N–H and O–H groups in total. The van der Waals surface area contributed by atoms with Gasteiger partial charge in [-0.1, -0.05) is 19.0 Å². The predicted octanol–water partition coefficient (Wildman–Crippen LogP) is 2.10. The molecule has 1 amide bonds. The van der Waals surface area contributed by atoms with Crippen LogP contribution >= 0.6 is 0 Å². The summed E-state index contributed by atoms with van der Waals surface area (Å²) in [6.07, 6.45) is 4.01. The van der Waals surface area contributed by atoms with E-state index < -0.39 is 21.8 Å². The minimum atomic E-state index is -3.52. The molecule has 1 aromatic heterocycles. The van der Waals surface area contributed by atoms with E-state index in [1.807, 2.05) is 6.92 Å². The van der Waals surface area contributed by atoms with Gasteiger partial charge in [0.2, 0.25) is 15.9 Å². The van der Waals surface area contributed by atoms with Gasteiger partial charge in [0.05, 0.1) is 11.4 Å². The van der Waals surface area contributed by atoms with Crippen LogP contribution in [0.3, 0.4) is 0 Å². The Kier molecular flexibility index (Phi) is 4.94. The summed E-state index contributed by atoms with van der Waals surface area (Å²) in [5.41, 5.74) is 1.91. The third-order valence-corrected chi connectivity index (χ3v) is 6.39. The Hall–Kier alpha value is -1.37. The van der Waals surface area contributed by atoms with Crippen molar-refractivity contribution in [1.82, 2.24) is 9.46 Å². The highest BCUT2D eigenvalue weighted by Gasteiger charge is 2.33. The molecule has 7 heteroatoms. The number of nitrogens with zero attached hydrogens (tertiary/aromatic N) is 2. The smallest absolute Gasteiger partial charge is 0.239 e. The lowest BCUT2D eigenvalue weighted by Crippen LogP contribution is -2.39. The van der Waals surface area contributed by atoms with Crippen LogP contribution in [0.1, 0.15) is 56.5 Å². The molecule has 1 heterocycles. The van der Waals surface area contributed by atoms with Crippen LogP contribution in [-0.2, 0) is 27.7 Å². The van der Waals surface area contributed by atoms with Gasteiger partial charge in [-0.25, -0.2) is 12.7 Å². The number of aromatic nitrogens is 1. The Morgan fingerprint density at radius 3 is 2.59 bits per heavy atom. The van der Waals surface area contributed by atoms with Gasteiger partial charge in [0.15, 0.2) is 0 Å². The summed E-state index contributed by atoms with van der Waals surface area (Å²) in [5, 5.41) is 4.15. The molecule has 1 aromatic rings. The van der Waals surface area contributed by atoms with Gasteiger partial charge >= 0.3 is 0 Å². The molecule has 0 bridgehead atoms. The fourth-order valence-corrected chi connectivity index (χ4v) is 3.66. The van der Waals surface area contributed by atoms with Gasteiger partial charge in [-0.05, 0) is 26.2 Å². The number of sulfonamides is 1. The largest absolute Gasteiger partial charge is 0.361 e. The Labute approximate surface area is 131 Å². The van der Waals surface area contributed by atoms with Crippen LogP contribution in [0.4, 0.5) is 0 Å². The standard InChI is InChI=1S/C15H24N2O4S/c1-5-22(19,20)17(4)15(18)11(3)10(2)14-12-8-6-7-9-13(12)21-16-14/h10-11H,5-9H2,1-4H3.